The zero-order valence-electron chi connectivity index (χ0n) is 16.6. The lowest BCUT2D eigenvalue weighted by Gasteiger charge is -2.41. The van der Waals surface area contributed by atoms with E-state index in [0.717, 1.165) is 25.1 Å². The molecule has 2 unspecified atom stereocenters. The molecular weight excluding hydrogens is 377 g/mol. The number of phenolic OH excluding ortho intramolecular Hbond substituents is 1. The summed E-state index contributed by atoms with van der Waals surface area (Å²) in [5, 5.41) is 9.42. The van der Waals surface area contributed by atoms with Crippen molar-refractivity contribution in [3.63, 3.8) is 0 Å². The molecular formula is C23H27F3N2O. The zero-order chi connectivity index (χ0) is 20.6. The highest BCUT2D eigenvalue weighted by molar-refractivity contribution is 5.30. The van der Waals surface area contributed by atoms with Gasteiger partial charge in [-0.1, -0.05) is 24.3 Å². The number of piperidine rings is 1. The molecule has 156 valence electrons. The van der Waals surface area contributed by atoms with Crippen LogP contribution in [-0.4, -0.2) is 53.0 Å². The topological polar surface area (TPSA) is 26.7 Å². The van der Waals surface area contributed by atoms with Crippen LogP contribution in [0, 0.1) is 5.82 Å². The quantitative estimate of drug-likeness (QED) is 0.794. The minimum absolute atomic E-state index is 0.0934. The van der Waals surface area contributed by atoms with E-state index in [9.17, 15) is 18.3 Å². The summed E-state index contributed by atoms with van der Waals surface area (Å²) >= 11 is 0. The fourth-order valence-corrected chi connectivity index (χ4v) is 4.76. The first-order valence-corrected chi connectivity index (χ1v) is 10.2. The zero-order valence-corrected chi connectivity index (χ0v) is 16.6. The fourth-order valence-electron chi connectivity index (χ4n) is 4.76. The van der Waals surface area contributed by atoms with Crippen molar-refractivity contribution in [3.05, 3.63) is 65.5 Å². The standard InChI is InChI=1S/C23H27F3N2O/c1-16(17-2-6-19(24)7-3-17)27-12-10-20(14-27)28-13-11-22(23(25,26)15-28)18-4-8-21(29)9-5-18/h2-9,16,20,22,29H,10-15H2,1H3/t16-,20?,22?/m0/s1. The summed E-state index contributed by atoms with van der Waals surface area (Å²) in [5.41, 5.74) is 1.63. The Morgan fingerprint density at radius 3 is 2.34 bits per heavy atom. The minimum atomic E-state index is -2.80. The van der Waals surface area contributed by atoms with Crippen LogP contribution in [0.2, 0.25) is 0 Å². The molecule has 0 aliphatic carbocycles. The maximum atomic E-state index is 15.0. The number of rotatable bonds is 4. The molecule has 29 heavy (non-hydrogen) atoms. The Morgan fingerprint density at radius 1 is 1.00 bits per heavy atom. The van der Waals surface area contributed by atoms with Crippen molar-refractivity contribution in [1.82, 2.24) is 9.80 Å². The summed E-state index contributed by atoms with van der Waals surface area (Å²) in [6.07, 6.45) is 1.27. The number of alkyl halides is 2. The summed E-state index contributed by atoms with van der Waals surface area (Å²) in [7, 11) is 0. The van der Waals surface area contributed by atoms with Crippen molar-refractivity contribution in [2.45, 2.75) is 43.7 Å². The van der Waals surface area contributed by atoms with Crippen LogP contribution in [-0.2, 0) is 0 Å². The highest BCUT2D eigenvalue weighted by Crippen LogP contribution is 2.42. The first kappa shape index (κ1) is 20.2. The molecule has 2 saturated heterocycles. The molecule has 2 fully saturated rings. The second-order valence-electron chi connectivity index (χ2n) is 8.33. The van der Waals surface area contributed by atoms with E-state index in [-0.39, 0.29) is 30.2 Å². The van der Waals surface area contributed by atoms with Gasteiger partial charge in [-0.25, -0.2) is 13.2 Å². The third kappa shape index (κ3) is 4.28. The largest absolute Gasteiger partial charge is 0.508 e. The summed E-state index contributed by atoms with van der Waals surface area (Å²) in [4.78, 5) is 4.23. The van der Waals surface area contributed by atoms with Crippen LogP contribution in [0.15, 0.2) is 48.5 Å². The molecule has 0 aromatic heterocycles. The maximum Gasteiger partial charge on any atom is 0.267 e. The third-order valence-corrected chi connectivity index (χ3v) is 6.54. The molecule has 6 heteroatoms. The van der Waals surface area contributed by atoms with Gasteiger partial charge in [0.2, 0.25) is 0 Å². The maximum absolute atomic E-state index is 15.0. The average molecular weight is 404 g/mol. The predicted molar refractivity (Wildman–Crippen MR) is 107 cm³/mol. The number of aromatic hydroxyl groups is 1. The monoisotopic (exact) mass is 404 g/mol. The van der Waals surface area contributed by atoms with Crippen LogP contribution in [0.25, 0.3) is 0 Å². The SMILES string of the molecule is C[C@@H](c1ccc(F)cc1)N1CCC(N2CCC(c3ccc(O)cc3)C(F)(F)C2)C1. The Balaban J connectivity index is 1.39. The Bertz CT molecular complexity index is 825. The predicted octanol–water partition coefficient (Wildman–Crippen LogP) is 4.79. The van der Waals surface area contributed by atoms with Gasteiger partial charge in [-0.15, -0.1) is 0 Å². The molecule has 0 bridgehead atoms. The molecule has 2 aromatic carbocycles. The van der Waals surface area contributed by atoms with E-state index >= 15 is 0 Å². The van der Waals surface area contributed by atoms with E-state index in [4.69, 9.17) is 0 Å². The Hall–Kier alpha value is -2.05. The van der Waals surface area contributed by atoms with Crippen LogP contribution in [0.1, 0.15) is 42.9 Å². The Kier molecular flexibility index (Phi) is 5.58. The van der Waals surface area contributed by atoms with Crippen LogP contribution >= 0.6 is 0 Å². The highest BCUT2D eigenvalue weighted by atomic mass is 19.3. The van der Waals surface area contributed by atoms with Gasteiger partial charge >= 0.3 is 0 Å². The van der Waals surface area contributed by atoms with Gasteiger partial charge < -0.3 is 5.11 Å². The van der Waals surface area contributed by atoms with E-state index in [0.29, 0.717) is 18.5 Å². The number of benzene rings is 2. The average Bonchev–Trinajstić information content (AvgIpc) is 3.18. The molecule has 2 aliphatic rings. The number of hydrogen-bond acceptors (Lipinski definition) is 3. The molecule has 2 aliphatic heterocycles. The van der Waals surface area contributed by atoms with Crippen molar-refractivity contribution >= 4 is 0 Å². The summed E-state index contributed by atoms with van der Waals surface area (Å²) in [5.74, 6) is -3.77. The van der Waals surface area contributed by atoms with Crippen molar-refractivity contribution in [1.29, 1.82) is 0 Å². The van der Waals surface area contributed by atoms with Crippen molar-refractivity contribution in [3.8, 4) is 5.75 Å². The van der Waals surface area contributed by atoms with Gasteiger partial charge in [0.15, 0.2) is 0 Å². The molecule has 3 nitrogen and oxygen atoms in total. The van der Waals surface area contributed by atoms with Gasteiger partial charge in [-0.05, 0) is 61.7 Å². The number of nitrogens with zero attached hydrogens (tertiary/aromatic N) is 2. The molecule has 4 rings (SSSR count). The molecule has 0 saturated carbocycles. The van der Waals surface area contributed by atoms with Gasteiger partial charge in [0.05, 0.1) is 12.5 Å². The van der Waals surface area contributed by atoms with Crippen molar-refractivity contribution < 1.29 is 18.3 Å². The fraction of sp³-hybridized carbons (Fsp3) is 0.478. The van der Waals surface area contributed by atoms with E-state index < -0.39 is 11.8 Å². The first-order chi connectivity index (χ1) is 13.8. The van der Waals surface area contributed by atoms with E-state index in [2.05, 4.69) is 11.8 Å². The number of halogens is 3. The van der Waals surface area contributed by atoms with Crippen molar-refractivity contribution in [2.75, 3.05) is 26.2 Å². The minimum Gasteiger partial charge on any atom is -0.508 e. The number of likely N-dealkylation sites (tertiary alicyclic amines) is 2. The van der Waals surface area contributed by atoms with E-state index in [1.807, 2.05) is 4.90 Å². The molecule has 1 N–H and O–H groups in total. The van der Waals surface area contributed by atoms with Crippen LogP contribution in [0.5, 0.6) is 5.75 Å². The molecule has 3 atom stereocenters. The van der Waals surface area contributed by atoms with Gasteiger partial charge in [0.25, 0.3) is 5.92 Å². The molecule has 2 aromatic rings. The van der Waals surface area contributed by atoms with Gasteiger partial charge in [0, 0.05) is 25.2 Å². The molecule has 0 amide bonds. The lowest BCUT2D eigenvalue weighted by molar-refractivity contribution is -0.0919. The second-order valence-corrected chi connectivity index (χ2v) is 8.33. The number of phenols is 1. The number of hydrogen-bond donors (Lipinski definition) is 1. The lowest BCUT2D eigenvalue weighted by atomic mass is 9.85. The van der Waals surface area contributed by atoms with Crippen LogP contribution < -0.4 is 0 Å². The molecule has 2 heterocycles. The Labute approximate surface area is 169 Å². The van der Waals surface area contributed by atoms with Crippen LogP contribution in [0.4, 0.5) is 13.2 Å². The summed E-state index contributed by atoms with van der Waals surface area (Å²) in [6.45, 7) is 4.10. The van der Waals surface area contributed by atoms with E-state index in [1.54, 1.807) is 24.3 Å². The normalized spacial score (nSPS) is 26.5. The Morgan fingerprint density at radius 2 is 1.69 bits per heavy atom. The lowest BCUT2D eigenvalue weighted by Crippen LogP contribution is -2.52. The van der Waals surface area contributed by atoms with E-state index in [1.165, 1.54) is 24.3 Å². The third-order valence-electron chi connectivity index (χ3n) is 6.54. The van der Waals surface area contributed by atoms with Crippen molar-refractivity contribution in [2.24, 2.45) is 0 Å². The van der Waals surface area contributed by atoms with Gasteiger partial charge in [0.1, 0.15) is 11.6 Å². The smallest absolute Gasteiger partial charge is 0.267 e. The summed E-state index contributed by atoms with van der Waals surface area (Å²) in [6, 6.07) is 12.9. The molecule has 0 spiro atoms. The van der Waals surface area contributed by atoms with Gasteiger partial charge in [-0.3, -0.25) is 9.80 Å². The first-order valence-electron chi connectivity index (χ1n) is 10.2. The van der Waals surface area contributed by atoms with Crippen LogP contribution in [0.3, 0.4) is 0 Å². The summed E-state index contributed by atoms with van der Waals surface area (Å²) < 4.78 is 43.1. The second kappa shape index (κ2) is 8.00. The highest BCUT2D eigenvalue weighted by Gasteiger charge is 2.47. The van der Waals surface area contributed by atoms with Gasteiger partial charge in [-0.2, -0.15) is 0 Å². The molecule has 0 radical (unpaired) electrons.